The van der Waals surface area contributed by atoms with Crippen LogP contribution in [0, 0.1) is 0 Å². The average molecular weight is 238 g/mol. The Morgan fingerprint density at radius 2 is 1.65 bits per heavy atom. The maximum Gasteiger partial charge on any atom is 0.417 e. The van der Waals surface area contributed by atoms with Crippen molar-refractivity contribution in [3.8, 4) is 0 Å². The lowest BCUT2D eigenvalue weighted by Crippen LogP contribution is -2.05. The molecule has 0 aliphatic carbocycles. The number of benzene rings is 1. The Labute approximate surface area is 96.1 Å². The van der Waals surface area contributed by atoms with E-state index in [0.29, 0.717) is 5.82 Å². The van der Waals surface area contributed by atoms with Crippen LogP contribution < -0.4 is 5.32 Å². The highest BCUT2D eigenvalue weighted by molar-refractivity contribution is 5.55. The van der Waals surface area contributed by atoms with E-state index in [1.807, 2.05) is 18.2 Å². The average Bonchev–Trinajstić information content (AvgIpc) is 2.30. The second kappa shape index (κ2) is 4.45. The monoisotopic (exact) mass is 238 g/mol. The van der Waals surface area contributed by atoms with Gasteiger partial charge >= 0.3 is 6.18 Å². The van der Waals surface area contributed by atoms with Gasteiger partial charge in [0.1, 0.15) is 5.82 Å². The molecule has 2 aromatic rings. The van der Waals surface area contributed by atoms with E-state index < -0.39 is 11.7 Å². The third-order valence-corrected chi connectivity index (χ3v) is 2.14. The Bertz CT molecular complexity index is 477. The normalized spacial score (nSPS) is 11.2. The van der Waals surface area contributed by atoms with E-state index in [0.717, 1.165) is 18.0 Å². The topological polar surface area (TPSA) is 24.9 Å². The van der Waals surface area contributed by atoms with E-state index in [1.165, 1.54) is 6.07 Å². The highest BCUT2D eigenvalue weighted by Crippen LogP contribution is 2.29. The number of hydrogen-bond donors (Lipinski definition) is 1. The summed E-state index contributed by atoms with van der Waals surface area (Å²) in [7, 11) is 0. The molecule has 0 aliphatic rings. The van der Waals surface area contributed by atoms with Gasteiger partial charge in [0.15, 0.2) is 0 Å². The second-order valence-electron chi connectivity index (χ2n) is 3.42. The zero-order valence-corrected chi connectivity index (χ0v) is 8.70. The summed E-state index contributed by atoms with van der Waals surface area (Å²) in [6.07, 6.45) is -3.54. The first kappa shape index (κ1) is 11.4. The summed E-state index contributed by atoms with van der Waals surface area (Å²) in [4.78, 5) is 3.71. The van der Waals surface area contributed by atoms with Crippen LogP contribution in [-0.4, -0.2) is 4.98 Å². The van der Waals surface area contributed by atoms with Crippen molar-refractivity contribution in [2.24, 2.45) is 0 Å². The predicted molar refractivity (Wildman–Crippen MR) is 59.0 cm³/mol. The maximum atomic E-state index is 12.3. The van der Waals surface area contributed by atoms with Crippen molar-refractivity contribution in [2.75, 3.05) is 5.32 Å². The van der Waals surface area contributed by atoms with Crippen LogP contribution in [0.4, 0.5) is 24.7 Å². The Kier molecular flexibility index (Phi) is 2.99. The van der Waals surface area contributed by atoms with E-state index in [-0.39, 0.29) is 0 Å². The van der Waals surface area contributed by atoms with E-state index >= 15 is 0 Å². The molecule has 0 radical (unpaired) electrons. The molecule has 0 unspecified atom stereocenters. The van der Waals surface area contributed by atoms with Gasteiger partial charge in [0, 0.05) is 11.9 Å². The molecule has 0 bridgehead atoms. The number of anilines is 2. The standard InChI is InChI=1S/C12H9F3N2/c13-12(14,15)9-6-7-11(16-8-9)17-10-4-2-1-3-5-10/h1-8H,(H,16,17). The second-order valence-corrected chi connectivity index (χ2v) is 3.42. The van der Waals surface area contributed by atoms with Gasteiger partial charge in [-0.3, -0.25) is 0 Å². The highest BCUT2D eigenvalue weighted by Gasteiger charge is 2.30. The number of aromatic nitrogens is 1. The lowest BCUT2D eigenvalue weighted by Gasteiger charge is -2.08. The van der Waals surface area contributed by atoms with E-state index in [9.17, 15) is 13.2 Å². The van der Waals surface area contributed by atoms with Gasteiger partial charge in [0.25, 0.3) is 0 Å². The van der Waals surface area contributed by atoms with Gasteiger partial charge in [-0.05, 0) is 24.3 Å². The molecular weight excluding hydrogens is 229 g/mol. The molecule has 0 saturated heterocycles. The number of hydrogen-bond acceptors (Lipinski definition) is 2. The Hall–Kier alpha value is -2.04. The maximum absolute atomic E-state index is 12.3. The summed E-state index contributed by atoms with van der Waals surface area (Å²) >= 11 is 0. The third-order valence-electron chi connectivity index (χ3n) is 2.14. The number of nitrogens with one attached hydrogen (secondary N) is 1. The van der Waals surface area contributed by atoms with Crippen LogP contribution in [0.3, 0.4) is 0 Å². The molecule has 2 nitrogen and oxygen atoms in total. The molecule has 1 heterocycles. The molecule has 1 aromatic carbocycles. The van der Waals surface area contributed by atoms with Gasteiger partial charge in [-0.25, -0.2) is 4.98 Å². The molecule has 2 rings (SSSR count). The highest BCUT2D eigenvalue weighted by atomic mass is 19.4. The molecule has 0 atom stereocenters. The van der Waals surface area contributed by atoms with Crippen LogP contribution in [0.25, 0.3) is 0 Å². The summed E-state index contributed by atoms with van der Waals surface area (Å²) in [5.74, 6) is 0.379. The van der Waals surface area contributed by atoms with Gasteiger partial charge in [-0.15, -0.1) is 0 Å². The smallest absolute Gasteiger partial charge is 0.340 e. The van der Waals surface area contributed by atoms with Crippen LogP contribution in [0.1, 0.15) is 5.56 Å². The zero-order valence-electron chi connectivity index (χ0n) is 8.70. The minimum atomic E-state index is -4.35. The van der Waals surface area contributed by atoms with E-state index in [2.05, 4.69) is 10.3 Å². The molecule has 0 amide bonds. The molecule has 0 fully saturated rings. The molecule has 1 aromatic heterocycles. The summed E-state index contributed by atoms with van der Waals surface area (Å²) in [5.41, 5.74) is 0.0240. The minimum Gasteiger partial charge on any atom is -0.340 e. The molecule has 0 saturated carbocycles. The molecule has 5 heteroatoms. The molecule has 0 aliphatic heterocycles. The summed E-state index contributed by atoms with van der Waals surface area (Å²) in [5, 5.41) is 2.90. The number of halogens is 3. The number of para-hydroxylation sites is 1. The van der Waals surface area contributed by atoms with Crippen molar-refractivity contribution in [3.05, 3.63) is 54.2 Å². The van der Waals surface area contributed by atoms with Crippen LogP contribution in [0.15, 0.2) is 48.7 Å². The number of pyridine rings is 1. The van der Waals surface area contributed by atoms with E-state index in [4.69, 9.17) is 0 Å². The Balaban J connectivity index is 2.14. The van der Waals surface area contributed by atoms with Gasteiger partial charge in [-0.1, -0.05) is 18.2 Å². The summed E-state index contributed by atoms with van der Waals surface area (Å²) in [6, 6.07) is 11.4. The van der Waals surface area contributed by atoms with Crippen molar-refractivity contribution in [3.63, 3.8) is 0 Å². The minimum absolute atomic E-state index is 0.379. The summed E-state index contributed by atoms with van der Waals surface area (Å²) < 4.78 is 36.9. The first-order chi connectivity index (χ1) is 8.05. The lowest BCUT2D eigenvalue weighted by molar-refractivity contribution is -0.137. The van der Waals surface area contributed by atoms with Crippen LogP contribution >= 0.6 is 0 Å². The molecule has 0 spiro atoms. The van der Waals surface area contributed by atoms with Crippen molar-refractivity contribution in [1.82, 2.24) is 4.98 Å². The number of nitrogens with zero attached hydrogens (tertiary/aromatic N) is 1. The first-order valence-corrected chi connectivity index (χ1v) is 4.91. The predicted octanol–water partition coefficient (Wildman–Crippen LogP) is 3.84. The Morgan fingerprint density at radius 3 is 2.18 bits per heavy atom. The largest absolute Gasteiger partial charge is 0.417 e. The quantitative estimate of drug-likeness (QED) is 0.859. The number of alkyl halides is 3. The fourth-order valence-corrected chi connectivity index (χ4v) is 1.30. The molecule has 1 N–H and O–H groups in total. The van der Waals surface area contributed by atoms with Crippen molar-refractivity contribution in [1.29, 1.82) is 0 Å². The van der Waals surface area contributed by atoms with Crippen LogP contribution in [0.2, 0.25) is 0 Å². The van der Waals surface area contributed by atoms with Gasteiger partial charge in [0.05, 0.1) is 5.56 Å². The fourth-order valence-electron chi connectivity index (χ4n) is 1.30. The van der Waals surface area contributed by atoms with Gasteiger partial charge in [0.2, 0.25) is 0 Å². The van der Waals surface area contributed by atoms with Gasteiger partial charge < -0.3 is 5.32 Å². The van der Waals surface area contributed by atoms with Crippen LogP contribution in [-0.2, 0) is 6.18 Å². The van der Waals surface area contributed by atoms with Crippen molar-refractivity contribution < 1.29 is 13.2 Å². The molecule has 88 valence electrons. The fraction of sp³-hybridized carbons (Fsp3) is 0.0833. The summed E-state index contributed by atoms with van der Waals surface area (Å²) in [6.45, 7) is 0. The van der Waals surface area contributed by atoms with Crippen molar-refractivity contribution in [2.45, 2.75) is 6.18 Å². The molecule has 17 heavy (non-hydrogen) atoms. The molecular formula is C12H9F3N2. The first-order valence-electron chi connectivity index (χ1n) is 4.91. The zero-order chi connectivity index (χ0) is 12.3. The van der Waals surface area contributed by atoms with Gasteiger partial charge in [-0.2, -0.15) is 13.2 Å². The van der Waals surface area contributed by atoms with E-state index in [1.54, 1.807) is 12.1 Å². The van der Waals surface area contributed by atoms with Crippen LogP contribution in [0.5, 0.6) is 0 Å². The number of rotatable bonds is 2. The third kappa shape index (κ3) is 2.96. The lowest BCUT2D eigenvalue weighted by atomic mass is 10.2. The van der Waals surface area contributed by atoms with Crippen molar-refractivity contribution >= 4 is 11.5 Å². The Morgan fingerprint density at radius 1 is 0.941 bits per heavy atom. The SMILES string of the molecule is FC(F)(F)c1ccc(Nc2ccccc2)nc1.